The van der Waals surface area contributed by atoms with Crippen LogP contribution in [-0.4, -0.2) is 32.5 Å². The first-order valence-corrected chi connectivity index (χ1v) is 9.35. The third kappa shape index (κ3) is 3.98. The molecule has 1 heterocycles. The third-order valence-electron chi connectivity index (χ3n) is 4.35. The predicted molar refractivity (Wildman–Crippen MR) is 96.2 cm³/mol. The first kappa shape index (κ1) is 17.0. The number of amides is 1. The molecule has 0 unspecified atom stereocenters. The fourth-order valence-electron chi connectivity index (χ4n) is 2.69. The molecule has 1 saturated carbocycles. The minimum absolute atomic E-state index is 0.0470. The molecule has 0 aliphatic heterocycles. The number of thioether (sulfide) groups is 1. The lowest BCUT2D eigenvalue weighted by Crippen LogP contribution is -2.33. The van der Waals surface area contributed by atoms with Gasteiger partial charge < -0.3 is 9.88 Å². The van der Waals surface area contributed by atoms with Gasteiger partial charge in [0.1, 0.15) is 5.82 Å². The Morgan fingerprint density at radius 3 is 2.67 bits per heavy atom. The van der Waals surface area contributed by atoms with Crippen LogP contribution in [0.5, 0.6) is 0 Å². The molecule has 5 nitrogen and oxygen atoms in total. The molecule has 0 radical (unpaired) electrons. The van der Waals surface area contributed by atoms with Gasteiger partial charge in [-0.1, -0.05) is 49.0 Å². The van der Waals surface area contributed by atoms with E-state index in [9.17, 15) is 4.79 Å². The van der Waals surface area contributed by atoms with Crippen molar-refractivity contribution in [3.63, 3.8) is 0 Å². The van der Waals surface area contributed by atoms with Gasteiger partial charge >= 0.3 is 0 Å². The Morgan fingerprint density at radius 1 is 1.29 bits per heavy atom. The van der Waals surface area contributed by atoms with Crippen LogP contribution in [-0.2, 0) is 4.79 Å². The SMILES string of the molecule is Cc1nnc(S[C@H](C)C(=O)NC[C@H](C)c2ccccc2)n1C1CC1. The Kier molecular flexibility index (Phi) is 5.23. The molecule has 1 N–H and O–H groups in total. The molecule has 1 fully saturated rings. The highest BCUT2D eigenvalue weighted by Crippen LogP contribution is 2.39. The van der Waals surface area contributed by atoms with Crippen LogP contribution in [0.1, 0.15) is 50.0 Å². The number of nitrogens with one attached hydrogen (secondary N) is 1. The monoisotopic (exact) mass is 344 g/mol. The van der Waals surface area contributed by atoms with Gasteiger partial charge in [0.25, 0.3) is 0 Å². The van der Waals surface area contributed by atoms with Crippen LogP contribution in [0.3, 0.4) is 0 Å². The fourth-order valence-corrected chi connectivity index (χ4v) is 3.68. The summed E-state index contributed by atoms with van der Waals surface area (Å²) in [4.78, 5) is 12.4. The highest BCUT2D eigenvalue weighted by molar-refractivity contribution is 8.00. The van der Waals surface area contributed by atoms with Gasteiger partial charge in [-0.05, 0) is 38.2 Å². The summed E-state index contributed by atoms with van der Waals surface area (Å²) in [5.74, 6) is 1.28. The number of aryl methyl sites for hydroxylation is 1. The van der Waals surface area contributed by atoms with E-state index in [1.54, 1.807) is 0 Å². The Hall–Kier alpha value is -1.82. The minimum atomic E-state index is -0.186. The molecular weight excluding hydrogens is 320 g/mol. The van der Waals surface area contributed by atoms with E-state index in [0.29, 0.717) is 18.5 Å². The van der Waals surface area contributed by atoms with Gasteiger partial charge in [0.05, 0.1) is 5.25 Å². The molecule has 1 amide bonds. The third-order valence-corrected chi connectivity index (χ3v) is 5.41. The van der Waals surface area contributed by atoms with E-state index in [4.69, 9.17) is 0 Å². The Bertz CT molecular complexity index is 696. The number of aromatic nitrogens is 3. The van der Waals surface area contributed by atoms with Crippen LogP contribution >= 0.6 is 11.8 Å². The average Bonchev–Trinajstić information content (AvgIpc) is 3.37. The quantitative estimate of drug-likeness (QED) is 0.783. The number of nitrogens with zero attached hydrogens (tertiary/aromatic N) is 3. The summed E-state index contributed by atoms with van der Waals surface area (Å²) < 4.78 is 2.17. The zero-order valence-electron chi connectivity index (χ0n) is 14.4. The largest absolute Gasteiger partial charge is 0.355 e. The maximum absolute atomic E-state index is 12.4. The van der Waals surface area contributed by atoms with Crippen molar-refractivity contribution in [2.24, 2.45) is 0 Å². The van der Waals surface area contributed by atoms with Gasteiger partial charge in [-0.2, -0.15) is 0 Å². The zero-order chi connectivity index (χ0) is 17.1. The van der Waals surface area contributed by atoms with Crippen LogP contribution in [0.2, 0.25) is 0 Å². The summed E-state index contributed by atoms with van der Waals surface area (Å²) in [5.41, 5.74) is 1.24. The summed E-state index contributed by atoms with van der Waals surface area (Å²) in [6.45, 7) is 6.67. The number of hydrogen-bond acceptors (Lipinski definition) is 4. The molecule has 1 aromatic carbocycles. The Morgan fingerprint density at radius 2 is 2.00 bits per heavy atom. The van der Waals surface area contributed by atoms with Crippen LogP contribution in [0, 0.1) is 6.92 Å². The summed E-state index contributed by atoms with van der Waals surface area (Å²) >= 11 is 1.49. The molecule has 1 aliphatic rings. The lowest BCUT2D eigenvalue weighted by molar-refractivity contribution is -0.120. The van der Waals surface area contributed by atoms with E-state index in [-0.39, 0.29) is 11.2 Å². The molecule has 1 aliphatic carbocycles. The Labute approximate surface area is 147 Å². The smallest absolute Gasteiger partial charge is 0.233 e. The van der Waals surface area contributed by atoms with Crippen LogP contribution in [0.25, 0.3) is 0 Å². The molecule has 1 aromatic heterocycles. The summed E-state index contributed by atoms with van der Waals surface area (Å²) in [7, 11) is 0. The molecule has 128 valence electrons. The maximum Gasteiger partial charge on any atom is 0.233 e. The molecule has 0 spiro atoms. The number of carbonyl (C=O) groups excluding carboxylic acids is 1. The van der Waals surface area contributed by atoms with Crippen LogP contribution in [0.15, 0.2) is 35.5 Å². The van der Waals surface area contributed by atoms with Crippen molar-refractivity contribution in [3.8, 4) is 0 Å². The van der Waals surface area contributed by atoms with Crippen molar-refractivity contribution in [3.05, 3.63) is 41.7 Å². The molecule has 6 heteroatoms. The highest BCUT2D eigenvalue weighted by atomic mass is 32.2. The van der Waals surface area contributed by atoms with Crippen molar-refractivity contribution < 1.29 is 4.79 Å². The first-order chi connectivity index (χ1) is 11.6. The Balaban J connectivity index is 1.54. The van der Waals surface area contributed by atoms with Gasteiger partial charge in [0, 0.05) is 12.6 Å². The van der Waals surface area contributed by atoms with Crippen molar-refractivity contribution in [1.82, 2.24) is 20.1 Å². The maximum atomic E-state index is 12.4. The zero-order valence-corrected chi connectivity index (χ0v) is 15.2. The van der Waals surface area contributed by atoms with Crippen molar-refractivity contribution >= 4 is 17.7 Å². The normalized spacial score (nSPS) is 16.6. The van der Waals surface area contributed by atoms with E-state index in [1.165, 1.54) is 30.2 Å². The average molecular weight is 344 g/mol. The summed E-state index contributed by atoms with van der Waals surface area (Å²) in [6.07, 6.45) is 2.36. The molecule has 2 aromatic rings. The molecular formula is C18H24N4OS. The summed E-state index contributed by atoms with van der Waals surface area (Å²) in [6, 6.07) is 10.8. The number of carbonyl (C=O) groups is 1. The van der Waals surface area contributed by atoms with Crippen molar-refractivity contribution in [2.75, 3.05) is 6.54 Å². The van der Waals surface area contributed by atoms with Gasteiger partial charge in [0.15, 0.2) is 5.16 Å². The second kappa shape index (κ2) is 7.38. The van der Waals surface area contributed by atoms with E-state index >= 15 is 0 Å². The van der Waals surface area contributed by atoms with E-state index in [0.717, 1.165) is 11.0 Å². The van der Waals surface area contributed by atoms with E-state index < -0.39 is 0 Å². The molecule has 2 atom stereocenters. The van der Waals surface area contributed by atoms with Gasteiger partial charge in [-0.25, -0.2) is 0 Å². The topological polar surface area (TPSA) is 59.8 Å². The minimum Gasteiger partial charge on any atom is -0.355 e. The lowest BCUT2D eigenvalue weighted by Gasteiger charge is -2.16. The fraction of sp³-hybridized carbons (Fsp3) is 0.500. The van der Waals surface area contributed by atoms with Crippen LogP contribution in [0.4, 0.5) is 0 Å². The molecule has 0 saturated heterocycles. The van der Waals surface area contributed by atoms with E-state index in [1.807, 2.05) is 32.0 Å². The van der Waals surface area contributed by atoms with Gasteiger partial charge in [-0.15, -0.1) is 10.2 Å². The number of rotatable bonds is 7. The van der Waals surface area contributed by atoms with Crippen LogP contribution < -0.4 is 5.32 Å². The van der Waals surface area contributed by atoms with Gasteiger partial charge in [0.2, 0.25) is 5.91 Å². The van der Waals surface area contributed by atoms with Crippen molar-refractivity contribution in [1.29, 1.82) is 0 Å². The predicted octanol–water partition coefficient (Wildman–Crippen LogP) is 3.32. The first-order valence-electron chi connectivity index (χ1n) is 8.47. The summed E-state index contributed by atoms with van der Waals surface area (Å²) in [5, 5.41) is 12.1. The van der Waals surface area contributed by atoms with Crippen molar-refractivity contribution in [2.45, 2.75) is 56.0 Å². The standard InChI is InChI=1S/C18H24N4OS/c1-12(15-7-5-4-6-8-15)11-19-17(23)13(2)24-18-21-20-14(3)22(18)16-9-10-16/h4-8,12-13,16H,9-11H2,1-3H3,(H,19,23)/t12-,13+/m0/s1. The molecule has 0 bridgehead atoms. The molecule has 3 rings (SSSR count). The highest BCUT2D eigenvalue weighted by Gasteiger charge is 2.29. The lowest BCUT2D eigenvalue weighted by atomic mass is 10.0. The second-order valence-corrected chi connectivity index (χ2v) is 7.76. The second-order valence-electron chi connectivity index (χ2n) is 6.45. The van der Waals surface area contributed by atoms with E-state index in [2.05, 4.69) is 39.1 Å². The number of hydrogen-bond donors (Lipinski definition) is 1. The number of benzene rings is 1. The van der Waals surface area contributed by atoms with Gasteiger partial charge in [-0.3, -0.25) is 4.79 Å². The molecule has 24 heavy (non-hydrogen) atoms.